The number of hydrogen-bond donors (Lipinski definition) is 2. The normalized spacial score (nSPS) is 11.0. The second-order valence-corrected chi connectivity index (χ2v) is 5.81. The summed E-state index contributed by atoms with van der Waals surface area (Å²) in [7, 11) is 1.62. The molecule has 0 spiro atoms. The van der Waals surface area contributed by atoms with E-state index in [1.807, 2.05) is 42.5 Å². The summed E-state index contributed by atoms with van der Waals surface area (Å²) in [5.74, 6) is 0.945. The fraction of sp³-hybridized carbons (Fsp3) is 0.211. The first-order chi connectivity index (χ1) is 11.1. The summed E-state index contributed by atoms with van der Waals surface area (Å²) < 4.78 is 5.25. The molecule has 0 atom stereocenters. The average Bonchev–Trinajstić information content (AvgIpc) is 2.98. The molecule has 1 heterocycles. The topological polar surface area (TPSA) is 54.1 Å². The van der Waals surface area contributed by atoms with Crippen LogP contribution in [0.3, 0.4) is 0 Å². The number of fused-ring (bicyclic) bond motifs is 1. The monoisotopic (exact) mass is 308 g/mol. The summed E-state index contributed by atoms with van der Waals surface area (Å²) in [6.07, 6.45) is 1.73. The molecular weight excluding hydrogens is 288 g/mol. The smallest absolute Gasteiger partial charge is 0.257 e. The standard InChI is InChI=1S/C19H20N2O2/c1-12(2)14-6-4-5-7-18(14)21-19(22)16-11-20-17-9-8-13(23-3)10-15(16)17/h4-12,20H,1-3H3,(H,21,22). The van der Waals surface area contributed by atoms with Crippen LogP contribution in [0.5, 0.6) is 5.75 Å². The van der Waals surface area contributed by atoms with Crippen molar-refractivity contribution in [2.24, 2.45) is 0 Å². The van der Waals surface area contributed by atoms with Crippen LogP contribution >= 0.6 is 0 Å². The Balaban J connectivity index is 1.95. The molecule has 0 saturated heterocycles. The van der Waals surface area contributed by atoms with Gasteiger partial charge in [0.15, 0.2) is 0 Å². The second kappa shape index (κ2) is 6.16. The zero-order valence-corrected chi connectivity index (χ0v) is 13.5. The fourth-order valence-corrected chi connectivity index (χ4v) is 2.72. The number of rotatable bonds is 4. The number of H-pyrrole nitrogens is 1. The fourth-order valence-electron chi connectivity index (χ4n) is 2.72. The number of aromatic nitrogens is 1. The van der Waals surface area contributed by atoms with Gasteiger partial charge in [-0.2, -0.15) is 0 Å². The summed E-state index contributed by atoms with van der Waals surface area (Å²) >= 11 is 0. The SMILES string of the molecule is COc1ccc2[nH]cc(C(=O)Nc3ccccc3C(C)C)c2c1. The minimum absolute atomic E-state index is 0.127. The van der Waals surface area contributed by atoms with Crippen molar-refractivity contribution in [3.63, 3.8) is 0 Å². The summed E-state index contributed by atoms with van der Waals surface area (Å²) in [5, 5.41) is 3.87. The predicted molar refractivity (Wildman–Crippen MR) is 93.3 cm³/mol. The van der Waals surface area contributed by atoms with Gasteiger partial charge in [0.05, 0.1) is 12.7 Å². The predicted octanol–water partition coefficient (Wildman–Crippen LogP) is 4.55. The lowest BCUT2D eigenvalue weighted by Crippen LogP contribution is -2.13. The maximum absolute atomic E-state index is 12.7. The molecule has 0 bridgehead atoms. The van der Waals surface area contributed by atoms with Crippen molar-refractivity contribution < 1.29 is 9.53 Å². The molecule has 0 aliphatic carbocycles. The molecule has 4 nitrogen and oxygen atoms in total. The van der Waals surface area contributed by atoms with Gasteiger partial charge in [-0.3, -0.25) is 4.79 Å². The Morgan fingerprint density at radius 1 is 1.17 bits per heavy atom. The first-order valence-electron chi connectivity index (χ1n) is 7.65. The zero-order valence-electron chi connectivity index (χ0n) is 13.5. The first-order valence-corrected chi connectivity index (χ1v) is 7.65. The number of anilines is 1. The van der Waals surface area contributed by atoms with E-state index >= 15 is 0 Å². The van der Waals surface area contributed by atoms with Gasteiger partial charge in [-0.1, -0.05) is 32.0 Å². The number of carbonyl (C=O) groups is 1. The lowest BCUT2D eigenvalue weighted by Gasteiger charge is -2.13. The van der Waals surface area contributed by atoms with Gasteiger partial charge in [-0.05, 0) is 35.7 Å². The quantitative estimate of drug-likeness (QED) is 0.742. The Morgan fingerprint density at radius 3 is 2.70 bits per heavy atom. The number of ether oxygens (including phenoxy) is 1. The van der Waals surface area contributed by atoms with Crippen molar-refractivity contribution in [1.29, 1.82) is 0 Å². The van der Waals surface area contributed by atoms with Crippen LogP contribution in [0.15, 0.2) is 48.7 Å². The Bertz CT molecular complexity index is 849. The van der Waals surface area contributed by atoms with E-state index in [0.29, 0.717) is 11.5 Å². The largest absolute Gasteiger partial charge is 0.497 e. The van der Waals surface area contributed by atoms with E-state index in [2.05, 4.69) is 24.1 Å². The number of benzene rings is 2. The Kier molecular flexibility index (Phi) is 4.06. The number of aromatic amines is 1. The van der Waals surface area contributed by atoms with Gasteiger partial charge >= 0.3 is 0 Å². The highest BCUT2D eigenvalue weighted by atomic mass is 16.5. The molecule has 0 aliphatic heterocycles. The molecular formula is C19H20N2O2. The molecule has 2 aromatic carbocycles. The maximum atomic E-state index is 12.7. The lowest BCUT2D eigenvalue weighted by atomic mass is 10.0. The lowest BCUT2D eigenvalue weighted by molar-refractivity contribution is 0.102. The number of amides is 1. The van der Waals surface area contributed by atoms with Gasteiger partial charge in [0.25, 0.3) is 5.91 Å². The van der Waals surface area contributed by atoms with Crippen LogP contribution in [0, 0.1) is 0 Å². The van der Waals surface area contributed by atoms with Gasteiger partial charge in [-0.25, -0.2) is 0 Å². The van der Waals surface area contributed by atoms with Crippen LogP contribution < -0.4 is 10.1 Å². The summed E-state index contributed by atoms with van der Waals surface area (Å²) in [6.45, 7) is 4.23. The highest BCUT2D eigenvalue weighted by Gasteiger charge is 2.15. The van der Waals surface area contributed by atoms with Crippen LogP contribution in [-0.4, -0.2) is 18.0 Å². The average molecular weight is 308 g/mol. The van der Waals surface area contributed by atoms with Crippen molar-refractivity contribution >= 4 is 22.5 Å². The summed E-state index contributed by atoms with van der Waals surface area (Å²) in [5.41, 5.74) is 3.49. The van der Waals surface area contributed by atoms with Gasteiger partial charge in [0, 0.05) is 22.8 Å². The number of nitrogens with one attached hydrogen (secondary N) is 2. The number of carbonyl (C=O) groups excluding carboxylic acids is 1. The molecule has 23 heavy (non-hydrogen) atoms. The molecule has 0 saturated carbocycles. The molecule has 4 heteroatoms. The van der Waals surface area contributed by atoms with E-state index < -0.39 is 0 Å². The van der Waals surface area contributed by atoms with Gasteiger partial charge in [0.2, 0.25) is 0 Å². The molecule has 0 aliphatic rings. The maximum Gasteiger partial charge on any atom is 0.257 e. The zero-order chi connectivity index (χ0) is 16.4. The van der Waals surface area contributed by atoms with Crippen molar-refractivity contribution in [1.82, 2.24) is 4.98 Å². The highest BCUT2D eigenvalue weighted by Crippen LogP contribution is 2.27. The molecule has 1 amide bonds. The van der Waals surface area contributed by atoms with Gasteiger partial charge in [-0.15, -0.1) is 0 Å². The summed E-state index contributed by atoms with van der Waals surface area (Å²) in [6, 6.07) is 13.5. The van der Waals surface area contributed by atoms with E-state index in [0.717, 1.165) is 27.9 Å². The van der Waals surface area contributed by atoms with Crippen LogP contribution in [0.1, 0.15) is 35.7 Å². The number of para-hydroxylation sites is 1. The molecule has 3 aromatic rings. The van der Waals surface area contributed by atoms with Gasteiger partial charge < -0.3 is 15.0 Å². The molecule has 3 rings (SSSR count). The molecule has 2 N–H and O–H groups in total. The Hall–Kier alpha value is -2.75. The van der Waals surface area contributed by atoms with Crippen molar-refractivity contribution in [2.75, 3.05) is 12.4 Å². The Labute approximate surface area is 135 Å². The molecule has 1 aromatic heterocycles. The highest BCUT2D eigenvalue weighted by molar-refractivity contribution is 6.13. The Morgan fingerprint density at radius 2 is 1.96 bits per heavy atom. The first kappa shape index (κ1) is 15.2. The van der Waals surface area contributed by atoms with E-state index in [9.17, 15) is 4.79 Å². The molecule has 0 unspecified atom stereocenters. The van der Waals surface area contributed by atoms with Crippen molar-refractivity contribution in [2.45, 2.75) is 19.8 Å². The third-order valence-corrected chi connectivity index (χ3v) is 3.96. The van der Waals surface area contributed by atoms with E-state index in [4.69, 9.17) is 4.74 Å². The minimum Gasteiger partial charge on any atom is -0.497 e. The van der Waals surface area contributed by atoms with E-state index in [-0.39, 0.29) is 5.91 Å². The molecule has 0 radical (unpaired) electrons. The van der Waals surface area contributed by atoms with Crippen LogP contribution in [-0.2, 0) is 0 Å². The minimum atomic E-state index is -0.127. The van der Waals surface area contributed by atoms with Crippen LogP contribution in [0.4, 0.5) is 5.69 Å². The number of hydrogen-bond acceptors (Lipinski definition) is 2. The van der Waals surface area contributed by atoms with Crippen LogP contribution in [0.25, 0.3) is 10.9 Å². The van der Waals surface area contributed by atoms with E-state index in [1.54, 1.807) is 13.3 Å². The number of methoxy groups -OCH3 is 1. The van der Waals surface area contributed by atoms with Gasteiger partial charge in [0.1, 0.15) is 5.75 Å². The van der Waals surface area contributed by atoms with Crippen LogP contribution in [0.2, 0.25) is 0 Å². The van der Waals surface area contributed by atoms with Crippen molar-refractivity contribution in [3.05, 3.63) is 59.8 Å². The molecule has 118 valence electrons. The van der Waals surface area contributed by atoms with E-state index in [1.165, 1.54) is 0 Å². The third kappa shape index (κ3) is 2.93. The molecule has 0 fully saturated rings. The van der Waals surface area contributed by atoms with Crippen molar-refractivity contribution in [3.8, 4) is 5.75 Å². The summed E-state index contributed by atoms with van der Waals surface area (Å²) in [4.78, 5) is 15.8. The third-order valence-electron chi connectivity index (χ3n) is 3.96. The second-order valence-electron chi connectivity index (χ2n) is 5.81.